The Balaban J connectivity index is 1.94. The molecular weight excluding hydrogens is 391 g/mol. The third-order valence-electron chi connectivity index (χ3n) is 2.97. The van der Waals surface area contributed by atoms with E-state index < -0.39 is 28.5 Å². The lowest BCUT2D eigenvalue weighted by Crippen LogP contribution is -2.21. The van der Waals surface area contributed by atoms with Gasteiger partial charge in [-0.15, -0.1) is 0 Å². The van der Waals surface area contributed by atoms with Crippen molar-refractivity contribution in [3.05, 3.63) is 58.1 Å². The van der Waals surface area contributed by atoms with Crippen LogP contribution in [0.1, 0.15) is 10.4 Å². The van der Waals surface area contributed by atoms with Gasteiger partial charge < -0.3 is 10.1 Å². The molecule has 0 aliphatic heterocycles. The highest BCUT2D eigenvalue weighted by Gasteiger charge is 2.15. The van der Waals surface area contributed by atoms with Gasteiger partial charge in [0.25, 0.3) is 5.91 Å². The van der Waals surface area contributed by atoms with Gasteiger partial charge in [0.15, 0.2) is 6.61 Å². The number of rotatable bonds is 5. The van der Waals surface area contributed by atoms with Gasteiger partial charge in [0.1, 0.15) is 0 Å². The van der Waals surface area contributed by atoms with Crippen molar-refractivity contribution < 1.29 is 22.7 Å². The Morgan fingerprint density at radius 1 is 1.08 bits per heavy atom. The molecule has 0 atom stereocenters. The molecule has 132 valence electrons. The largest absolute Gasteiger partial charge is 0.452 e. The maximum absolute atomic E-state index is 11.9. The van der Waals surface area contributed by atoms with E-state index in [1.165, 1.54) is 42.5 Å². The quantitative estimate of drug-likeness (QED) is 0.744. The summed E-state index contributed by atoms with van der Waals surface area (Å²) in [6.45, 7) is -0.557. The summed E-state index contributed by atoms with van der Waals surface area (Å²) >= 11 is 11.7. The molecule has 1 amide bonds. The molecule has 0 aliphatic rings. The van der Waals surface area contributed by atoms with Crippen molar-refractivity contribution in [3.8, 4) is 0 Å². The number of hydrogen-bond donors (Lipinski definition) is 2. The van der Waals surface area contributed by atoms with Crippen molar-refractivity contribution in [2.24, 2.45) is 5.14 Å². The first-order chi connectivity index (χ1) is 11.7. The van der Waals surface area contributed by atoms with Crippen molar-refractivity contribution in [2.45, 2.75) is 4.90 Å². The number of nitrogens with one attached hydrogen (secondary N) is 1. The van der Waals surface area contributed by atoms with E-state index >= 15 is 0 Å². The Labute approximate surface area is 153 Å². The Morgan fingerprint density at radius 3 is 2.32 bits per heavy atom. The molecule has 0 radical (unpaired) electrons. The van der Waals surface area contributed by atoms with Crippen LogP contribution in [0, 0.1) is 0 Å². The fourth-order valence-corrected chi connectivity index (χ4v) is 2.69. The lowest BCUT2D eigenvalue weighted by molar-refractivity contribution is -0.119. The van der Waals surface area contributed by atoms with E-state index in [1.54, 1.807) is 0 Å². The molecule has 25 heavy (non-hydrogen) atoms. The first-order valence-corrected chi connectivity index (χ1v) is 9.02. The lowest BCUT2D eigenvalue weighted by atomic mass is 10.2. The first-order valence-electron chi connectivity index (χ1n) is 6.72. The minimum Gasteiger partial charge on any atom is -0.452 e. The number of amides is 1. The number of anilines is 1. The van der Waals surface area contributed by atoms with Gasteiger partial charge in [-0.2, -0.15) is 0 Å². The smallest absolute Gasteiger partial charge is 0.340 e. The van der Waals surface area contributed by atoms with Crippen LogP contribution in [0.4, 0.5) is 5.69 Å². The normalized spacial score (nSPS) is 11.0. The first kappa shape index (κ1) is 19.2. The van der Waals surface area contributed by atoms with Crippen molar-refractivity contribution in [1.29, 1.82) is 0 Å². The molecule has 7 nitrogen and oxygen atoms in total. The molecule has 0 saturated heterocycles. The van der Waals surface area contributed by atoms with Crippen LogP contribution in [0.5, 0.6) is 0 Å². The summed E-state index contributed by atoms with van der Waals surface area (Å²) in [5.41, 5.74) is 0.355. The second-order valence-corrected chi connectivity index (χ2v) is 7.14. The average Bonchev–Trinajstić information content (AvgIpc) is 2.55. The third-order valence-corrected chi connectivity index (χ3v) is 4.72. The van der Waals surface area contributed by atoms with Gasteiger partial charge in [-0.3, -0.25) is 4.79 Å². The predicted octanol–water partition coefficient (Wildman–Crippen LogP) is 2.44. The number of hydrogen-bond acceptors (Lipinski definition) is 5. The van der Waals surface area contributed by atoms with Crippen molar-refractivity contribution >= 4 is 50.8 Å². The molecular formula is C15H12Cl2N2O5S. The maximum Gasteiger partial charge on any atom is 0.340 e. The highest BCUT2D eigenvalue weighted by Crippen LogP contribution is 2.26. The summed E-state index contributed by atoms with van der Waals surface area (Å²) in [6, 6.07) is 9.64. The number of carbonyl (C=O) groups is 2. The molecule has 0 bridgehead atoms. The number of esters is 1. The second-order valence-electron chi connectivity index (χ2n) is 4.80. The third kappa shape index (κ3) is 5.17. The number of primary sulfonamides is 1. The lowest BCUT2D eigenvalue weighted by Gasteiger charge is -2.08. The van der Waals surface area contributed by atoms with Gasteiger partial charge in [-0.05, 0) is 36.4 Å². The second kappa shape index (κ2) is 7.83. The molecule has 3 N–H and O–H groups in total. The number of nitrogens with two attached hydrogens (primary N) is 1. The van der Waals surface area contributed by atoms with Gasteiger partial charge in [0.2, 0.25) is 10.0 Å². The van der Waals surface area contributed by atoms with Crippen LogP contribution in [0.25, 0.3) is 0 Å². The highest BCUT2D eigenvalue weighted by atomic mass is 35.5. The van der Waals surface area contributed by atoms with Crippen LogP contribution in [0.3, 0.4) is 0 Å². The zero-order valence-corrected chi connectivity index (χ0v) is 14.9. The van der Waals surface area contributed by atoms with E-state index in [4.69, 9.17) is 33.1 Å². The van der Waals surface area contributed by atoms with Crippen LogP contribution in [-0.4, -0.2) is 26.9 Å². The Kier molecular flexibility index (Phi) is 6.02. The van der Waals surface area contributed by atoms with Gasteiger partial charge >= 0.3 is 5.97 Å². The summed E-state index contributed by atoms with van der Waals surface area (Å²) in [5, 5.41) is 7.64. The summed E-state index contributed by atoms with van der Waals surface area (Å²) in [5.74, 6) is -1.41. The van der Waals surface area contributed by atoms with E-state index in [-0.39, 0.29) is 20.5 Å². The van der Waals surface area contributed by atoms with Gasteiger partial charge in [0.05, 0.1) is 20.5 Å². The molecule has 2 rings (SSSR count). The molecule has 2 aromatic carbocycles. The minimum atomic E-state index is -3.81. The molecule has 0 spiro atoms. The summed E-state index contributed by atoms with van der Waals surface area (Å²) in [6.07, 6.45) is 0. The number of carbonyl (C=O) groups excluding carboxylic acids is 2. The van der Waals surface area contributed by atoms with Crippen LogP contribution >= 0.6 is 23.2 Å². The van der Waals surface area contributed by atoms with E-state index in [2.05, 4.69) is 5.32 Å². The van der Waals surface area contributed by atoms with E-state index in [0.29, 0.717) is 5.69 Å². The van der Waals surface area contributed by atoms with Crippen molar-refractivity contribution in [2.75, 3.05) is 11.9 Å². The Bertz CT molecular complexity index is 914. The molecule has 0 unspecified atom stereocenters. The number of sulfonamides is 1. The summed E-state index contributed by atoms with van der Waals surface area (Å²) < 4.78 is 27.2. The average molecular weight is 403 g/mol. The zero-order valence-electron chi connectivity index (χ0n) is 12.5. The van der Waals surface area contributed by atoms with Gasteiger partial charge in [-0.25, -0.2) is 18.4 Å². The Morgan fingerprint density at radius 2 is 1.72 bits per heavy atom. The van der Waals surface area contributed by atoms with Crippen molar-refractivity contribution in [3.63, 3.8) is 0 Å². The van der Waals surface area contributed by atoms with E-state index in [0.717, 1.165) is 0 Å². The molecule has 0 aliphatic carbocycles. The van der Waals surface area contributed by atoms with Crippen LogP contribution in [-0.2, 0) is 19.6 Å². The van der Waals surface area contributed by atoms with Crippen LogP contribution in [0.2, 0.25) is 10.0 Å². The van der Waals surface area contributed by atoms with Gasteiger partial charge in [-0.1, -0.05) is 29.3 Å². The predicted molar refractivity (Wildman–Crippen MR) is 93.2 cm³/mol. The van der Waals surface area contributed by atoms with Gasteiger partial charge in [0, 0.05) is 5.69 Å². The minimum absolute atomic E-state index is 0.0353. The molecule has 0 saturated carbocycles. The van der Waals surface area contributed by atoms with Crippen LogP contribution in [0.15, 0.2) is 47.4 Å². The standard InChI is InChI=1S/C15H12Cl2N2O5S/c16-12-3-1-2-11(14(12)17)15(21)24-8-13(20)19-9-4-6-10(7-5-9)25(18,22)23/h1-7H,8H2,(H,19,20)(H2,18,22,23). The van der Waals surface area contributed by atoms with Crippen LogP contribution < -0.4 is 10.5 Å². The zero-order chi connectivity index (χ0) is 18.6. The SMILES string of the molecule is NS(=O)(=O)c1ccc(NC(=O)COC(=O)c2cccc(Cl)c2Cl)cc1. The van der Waals surface area contributed by atoms with Crippen molar-refractivity contribution in [1.82, 2.24) is 0 Å². The fraction of sp³-hybridized carbons (Fsp3) is 0.0667. The molecule has 10 heteroatoms. The number of halogens is 2. The molecule has 0 heterocycles. The maximum atomic E-state index is 11.9. The monoisotopic (exact) mass is 402 g/mol. The topological polar surface area (TPSA) is 116 Å². The Hall–Kier alpha value is -2.13. The highest BCUT2D eigenvalue weighted by molar-refractivity contribution is 7.89. The number of ether oxygens (including phenoxy) is 1. The summed E-state index contributed by atoms with van der Waals surface area (Å²) in [4.78, 5) is 23.6. The van der Waals surface area contributed by atoms with E-state index in [9.17, 15) is 18.0 Å². The molecule has 2 aromatic rings. The fourth-order valence-electron chi connectivity index (χ4n) is 1.80. The molecule has 0 aromatic heterocycles. The molecule has 0 fully saturated rings. The number of benzene rings is 2. The van der Waals surface area contributed by atoms with E-state index in [1.807, 2.05) is 0 Å². The summed E-state index contributed by atoms with van der Waals surface area (Å²) in [7, 11) is -3.81.